The molecule has 1 unspecified atom stereocenters. The van der Waals surface area contributed by atoms with Crippen LogP contribution in [0.2, 0.25) is 0 Å². The van der Waals surface area contributed by atoms with Crippen molar-refractivity contribution in [3.63, 3.8) is 0 Å². The number of carbonyl (C=O) groups is 1. The predicted octanol–water partition coefficient (Wildman–Crippen LogP) is 3.44. The highest BCUT2D eigenvalue weighted by Gasteiger charge is 2.29. The lowest BCUT2D eigenvalue weighted by Gasteiger charge is -2.34. The lowest BCUT2D eigenvalue weighted by molar-refractivity contribution is 0.0531. The van der Waals surface area contributed by atoms with E-state index in [1.54, 1.807) is 13.8 Å². The van der Waals surface area contributed by atoms with Crippen LogP contribution in [0, 0.1) is 6.92 Å². The maximum Gasteiger partial charge on any atom is 0.350 e. The maximum absolute atomic E-state index is 12.3. The first-order chi connectivity index (χ1) is 17.5. The average Bonchev–Trinajstić information content (AvgIpc) is 3.46. The van der Waals surface area contributed by atoms with Gasteiger partial charge in [-0.05, 0) is 58.8 Å². The Morgan fingerprint density at radius 2 is 1.94 bits per heavy atom. The number of esters is 1. The first-order valence-corrected chi connectivity index (χ1v) is 14.0. The smallest absolute Gasteiger partial charge is 0.350 e. The van der Waals surface area contributed by atoms with Crippen LogP contribution >= 0.6 is 11.3 Å². The van der Waals surface area contributed by atoms with Crippen LogP contribution in [-0.2, 0) is 15.9 Å². The molecular formula is C25H36N6O4S. The number of carbonyl (C=O) groups excluding carboxylic acids is 1. The van der Waals surface area contributed by atoms with Crippen LogP contribution in [0.15, 0.2) is 0 Å². The van der Waals surface area contributed by atoms with Crippen LogP contribution in [0.4, 0.5) is 22.7 Å². The fourth-order valence-corrected chi connectivity index (χ4v) is 6.05. The van der Waals surface area contributed by atoms with Gasteiger partial charge in [-0.15, -0.1) is 0 Å². The Labute approximate surface area is 216 Å². The van der Waals surface area contributed by atoms with Crippen molar-refractivity contribution < 1.29 is 19.4 Å². The first-order valence-electron chi connectivity index (χ1n) is 13.1. The van der Waals surface area contributed by atoms with Gasteiger partial charge in [-0.3, -0.25) is 5.32 Å². The van der Waals surface area contributed by atoms with E-state index in [0.29, 0.717) is 28.3 Å². The lowest BCUT2D eigenvalue weighted by atomic mass is 10.1. The zero-order valence-corrected chi connectivity index (χ0v) is 22.0. The lowest BCUT2D eigenvalue weighted by Crippen LogP contribution is -2.38. The summed E-state index contributed by atoms with van der Waals surface area (Å²) < 4.78 is 11.1. The van der Waals surface area contributed by atoms with Crippen molar-refractivity contribution in [1.82, 2.24) is 15.0 Å². The number of aliphatic hydroxyl groups is 1. The largest absolute Gasteiger partial charge is 0.462 e. The second-order valence-corrected chi connectivity index (χ2v) is 10.7. The summed E-state index contributed by atoms with van der Waals surface area (Å²) in [6, 6.07) is 0. The number of piperidine rings is 1. The monoisotopic (exact) mass is 516 g/mol. The number of hydrogen-bond donors (Lipinski definition) is 2. The van der Waals surface area contributed by atoms with Gasteiger partial charge in [0, 0.05) is 38.3 Å². The number of hydrogen-bond acceptors (Lipinski definition) is 11. The summed E-state index contributed by atoms with van der Waals surface area (Å²) in [5, 5.41) is 13.9. The van der Waals surface area contributed by atoms with Crippen molar-refractivity contribution in [2.24, 2.45) is 0 Å². The molecule has 1 atom stereocenters. The average molecular weight is 517 g/mol. The SMILES string of the molecule is CCOC(=O)c1sc(Nc2nc(N3CCC(O)CC3)c3c(n2)N(CC2CCCO2)CCCC3)nc1C. The minimum Gasteiger partial charge on any atom is -0.462 e. The highest BCUT2D eigenvalue weighted by atomic mass is 32.1. The van der Waals surface area contributed by atoms with E-state index in [-0.39, 0.29) is 18.2 Å². The number of anilines is 4. The van der Waals surface area contributed by atoms with E-state index in [1.807, 2.05) is 0 Å². The third-order valence-electron chi connectivity index (χ3n) is 7.06. The minimum absolute atomic E-state index is 0.227. The van der Waals surface area contributed by atoms with Crippen molar-refractivity contribution in [3.8, 4) is 0 Å². The number of thiazole rings is 1. The molecule has 10 nitrogen and oxygen atoms in total. The molecule has 3 aliphatic rings. The molecule has 0 amide bonds. The van der Waals surface area contributed by atoms with Crippen molar-refractivity contribution in [2.75, 3.05) is 54.5 Å². The molecule has 11 heteroatoms. The summed E-state index contributed by atoms with van der Waals surface area (Å²) in [5.41, 5.74) is 1.80. The van der Waals surface area contributed by atoms with E-state index < -0.39 is 0 Å². The molecule has 2 saturated heterocycles. The Morgan fingerprint density at radius 3 is 2.69 bits per heavy atom. The Hall–Kier alpha value is -2.50. The van der Waals surface area contributed by atoms with Crippen molar-refractivity contribution in [2.45, 2.75) is 71.0 Å². The van der Waals surface area contributed by atoms with Crippen LogP contribution in [-0.4, -0.2) is 77.6 Å². The summed E-state index contributed by atoms with van der Waals surface area (Å²) in [6.45, 7) is 8.03. The molecule has 2 aromatic rings. The number of aliphatic hydroxyl groups excluding tert-OH is 1. The highest BCUT2D eigenvalue weighted by molar-refractivity contribution is 7.17. The molecule has 2 aromatic heterocycles. The van der Waals surface area contributed by atoms with E-state index in [2.05, 4.69) is 20.1 Å². The van der Waals surface area contributed by atoms with Gasteiger partial charge >= 0.3 is 5.97 Å². The minimum atomic E-state index is -0.362. The molecule has 0 aromatic carbocycles. The number of rotatable bonds is 7. The molecule has 3 aliphatic heterocycles. The van der Waals surface area contributed by atoms with Gasteiger partial charge in [0.1, 0.15) is 16.5 Å². The topological polar surface area (TPSA) is 113 Å². The van der Waals surface area contributed by atoms with Crippen molar-refractivity contribution >= 4 is 40.0 Å². The molecule has 0 radical (unpaired) electrons. The zero-order valence-electron chi connectivity index (χ0n) is 21.2. The molecule has 0 aliphatic carbocycles. The van der Waals surface area contributed by atoms with E-state index in [9.17, 15) is 9.90 Å². The van der Waals surface area contributed by atoms with Gasteiger partial charge in [0.15, 0.2) is 5.13 Å². The van der Waals surface area contributed by atoms with Crippen LogP contribution in [0.1, 0.15) is 66.4 Å². The van der Waals surface area contributed by atoms with E-state index in [1.165, 1.54) is 16.9 Å². The molecule has 5 rings (SSSR count). The summed E-state index contributed by atoms with van der Waals surface area (Å²) in [5.74, 6) is 2.00. The normalized spacial score (nSPS) is 20.8. The summed E-state index contributed by atoms with van der Waals surface area (Å²) in [4.78, 5) is 32.0. The Morgan fingerprint density at radius 1 is 1.14 bits per heavy atom. The number of ether oxygens (including phenoxy) is 2. The number of nitrogens with one attached hydrogen (secondary N) is 1. The van der Waals surface area contributed by atoms with Gasteiger partial charge in [-0.1, -0.05) is 11.3 Å². The van der Waals surface area contributed by atoms with Gasteiger partial charge in [0.05, 0.1) is 24.5 Å². The second kappa shape index (κ2) is 11.3. The van der Waals surface area contributed by atoms with E-state index >= 15 is 0 Å². The molecule has 2 N–H and O–H groups in total. The quantitative estimate of drug-likeness (QED) is 0.531. The van der Waals surface area contributed by atoms with E-state index in [4.69, 9.17) is 19.4 Å². The number of nitrogens with zero attached hydrogens (tertiary/aromatic N) is 5. The maximum atomic E-state index is 12.3. The number of fused-ring (bicyclic) bond motifs is 1. The molecular weight excluding hydrogens is 480 g/mol. The van der Waals surface area contributed by atoms with Gasteiger partial charge in [0.25, 0.3) is 0 Å². The molecule has 196 valence electrons. The fraction of sp³-hybridized carbons (Fsp3) is 0.680. The summed E-state index contributed by atoms with van der Waals surface area (Å²) in [6.07, 6.45) is 6.73. The second-order valence-electron chi connectivity index (χ2n) is 9.71. The summed E-state index contributed by atoms with van der Waals surface area (Å²) >= 11 is 1.26. The van der Waals surface area contributed by atoms with Gasteiger partial charge in [-0.25, -0.2) is 9.78 Å². The number of aryl methyl sites for hydroxylation is 1. The predicted molar refractivity (Wildman–Crippen MR) is 140 cm³/mol. The van der Waals surface area contributed by atoms with Crippen LogP contribution in [0.3, 0.4) is 0 Å². The first kappa shape index (κ1) is 25.2. The highest BCUT2D eigenvalue weighted by Crippen LogP contribution is 2.36. The van der Waals surface area contributed by atoms with Crippen molar-refractivity contribution in [3.05, 3.63) is 16.1 Å². The molecule has 2 fully saturated rings. The van der Waals surface area contributed by atoms with Crippen LogP contribution in [0.25, 0.3) is 0 Å². The molecule has 5 heterocycles. The molecule has 0 bridgehead atoms. The Kier molecular flexibility index (Phi) is 7.87. The summed E-state index contributed by atoms with van der Waals surface area (Å²) in [7, 11) is 0. The van der Waals surface area contributed by atoms with Gasteiger partial charge < -0.3 is 24.4 Å². The van der Waals surface area contributed by atoms with Crippen LogP contribution < -0.4 is 15.1 Å². The number of aromatic nitrogens is 3. The third-order valence-corrected chi connectivity index (χ3v) is 8.11. The fourth-order valence-electron chi connectivity index (χ4n) is 5.19. The van der Waals surface area contributed by atoms with Gasteiger partial charge in [0.2, 0.25) is 5.95 Å². The Bertz CT molecular complexity index is 1070. The van der Waals surface area contributed by atoms with Gasteiger partial charge in [-0.2, -0.15) is 9.97 Å². The van der Waals surface area contributed by atoms with Crippen LogP contribution in [0.5, 0.6) is 0 Å². The zero-order chi connectivity index (χ0) is 25.1. The van der Waals surface area contributed by atoms with Crippen molar-refractivity contribution in [1.29, 1.82) is 0 Å². The molecule has 0 spiro atoms. The van der Waals surface area contributed by atoms with E-state index in [0.717, 1.165) is 89.4 Å². The molecule has 0 saturated carbocycles. The molecule has 36 heavy (non-hydrogen) atoms. The standard InChI is InChI=1S/C25H36N6O4S/c1-3-34-23(33)20-16(2)26-25(36-20)29-24-27-21(30-12-9-17(32)10-13-30)19-8-4-5-11-31(22(19)28-24)15-18-7-6-14-35-18/h17-18,32H,3-15H2,1-2H3,(H,26,27,28,29). The third kappa shape index (κ3) is 5.57. The Balaban J connectivity index is 1.49.